The van der Waals surface area contributed by atoms with Gasteiger partial charge >= 0.3 is 0 Å². The molecule has 0 fully saturated rings. The van der Waals surface area contributed by atoms with Crippen LogP contribution in [-0.4, -0.2) is 28.9 Å². The molecule has 2 N–H and O–H groups in total. The maximum atomic E-state index is 11.7. The van der Waals surface area contributed by atoms with Crippen molar-refractivity contribution in [2.75, 3.05) is 6.54 Å². The van der Waals surface area contributed by atoms with Gasteiger partial charge in [0.2, 0.25) is 5.91 Å². The van der Waals surface area contributed by atoms with Crippen LogP contribution in [0.15, 0.2) is 22.8 Å². The molecule has 0 saturated heterocycles. The monoisotopic (exact) mass is 327 g/mol. The van der Waals surface area contributed by atoms with Crippen molar-refractivity contribution in [3.8, 4) is 0 Å². The lowest BCUT2D eigenvalue weighted by molar-refractivity contribution is -0.122. The summed E-state index contributed by atoms with van der Waals surface area (Å²) in [5.74, 6) is -0.375. The molecule has 0 bridgehead atoms. The largest absolute Gasteiger partial charge is 0.351 e. The minimum Gasteiger partial charge on any atom is -0.351 e. The van der Waals surface area contributed by atoms with Crippen LogP contribution < -0.4 is 10.6 Å². The zero-order valence-electron chi connectivity index (χ0n) is 11.3. The van der Waals surface area contributed by atoms with Gasteiger partial charge in [-0.15, -0.1) is 0 Å². The Kier molecular flexibility index (Phi) is 5.47. The number of carbonyl (C=O) groups is 2. The molecular weight excluding hydrogens is 310 g/mol. The standard InChI is InChI=1S/C13H18BrN3O2/c1-13(2,3)17-11(18)7-8-15-12(19)9-5-4-6-10(14)16-9/h4-6H,7-8H2,1-3H3,(H,15,19)(H,17,18). The number of amides is 2. The zero-order chi connectivity index (χ0) is 14.5. The number of halogens is 1. The predicted molar refractivity (Wildman–Crippen MR) is 76.8 cm³/mol. The van der Waals surface area contributed by atoms with Gasteiger partial charge in [0, 0.05) is 18.5 Å². The van der Waals surface area contributed by atoms with Crippen molar-refractivity contribution in [2.24, 2.45) is 0 Å². The number of nitrogens with one attached hydrogen (secondary N) is 2. The fourth-order valence-electron chi connectivity index (χ4n) is 1.40. The van der Waals surface area contributed by atoms with Crippen molar-refractivity contribution in [3.05, 3.63) is 28.5 Å². The van der Waals surface area contributed by atoms with E-state index < -0.39 is 0 Å². The molecule has 0 radical (unpaired) electrons. The molecule has 0 aliphatic carbocycles. The second-order valence-electron chi connectivity index (χ2n) is 5.15. The fourth-order valence-corrected chi connectivity index (χ4v) is 1.74. The molecule has 1 rings (SSSR count). The molecule has 0 atom stereocenters. The SMILES string of the molecule is CC(C)(C)NC(=O)CCNC(=O)c1cccc(Br)n1. The summed E-state index contributed by atoms with van der Waals surface area (Å²) < 4.78 is 0.602. The van der Waals surface area contributed by atoms with E-state index in [0.29, 0.717) is 10.3 Å². The van der Waals surface area contributed by atoms with Gasteiger partial charge in [0.15, 0.2) is 0 Å². The molecule has 0 saturated carbocycles. The molecule has 1 aromatic heterocycles. The number of rotatable bonds is 4. The van der Waals surface area contributed by atoms with Crippen LogP contribution in [-0.2, 0) is 4.79 Å². The molecule has 1 aromatic rings. The predicted octanol–water partition coefficient (Wildman–Crippen LogP) is 1.88. The van der Waals surface area contributed by atoms with Gasteiger partial charge < -0.3 is 10.6 Å². The van der Waals surface area contributed by atoms with E-state index in [9.17, 15) is 9.59 Å². The van der Waals surface area contributed by atoms with E-state index in [-0.39, 0.29) is 30.3 Å². The third-order valence-electron chi connectivity index (χ3n) is 2.10. The van der Waals surface area contributed by atoms with Crippen molar-refractivity contribution in [3.63, 3.8) is 0 Å². The second kappa shape index (κ2) is 6.65. The van der Waals surface area contributed by atoms with Crippen molar-refractivity contribution in [1.82, 2.24) is 15.6 Å². The summed E-state index contributed by atoms with van der Waals surface area (Å²) in [6.45, 7) is 6.02. The summed E-state index contributed by atoms with van der Waals surface area (Å²) in [4.78, 5) is 27.3. The first-order valence-corrected chi connectivity index (χ1v) is 6.79. The molecule has 2 amide bonds. The van der Waals surface area contributed by atoms with E-state index in [1.165, 1.54) is 0 Å². The molecule has 0 aromatic carbocycles. The summed E-state index contributed by atoms with van der Waals surface area (Å²) in [5, 5.41) is 5.49. The smallest absolute Gasteiger partial charge is 0.269 e. The summed E-state index contributed by atoms with van der Waals surface area (Å²) >= 11 is 3.20. The van der Waals surface area contributed by atoms with Gasteiger partial charge in [-0.1, -0.05) is 6.07 Å². The highest BCUT2D eigenvalue weighted by atomic mass is 79.9. The van der Waals surface area contributed by atoms with Crippen molar-refractivity contribution >= 4 is 27.7 Å². The molecule has 0 aliphatic heterocycles. The molecule has 5 nitrogen and oxygen atoms in total. The van der Waals surface area contributed by atoms with Gasteiger partial charge in [-0.2, -0.15) is 0 Å². The number of aromatic nitrogens is 1. The Hall–Kier alpha value is -1.43. The highest BCUT2D eigenvalue weighted by Crippen LogP contribution is 2.06. The van der Waals surface area contributed by atoms with Crippen molar-refractivity contribution in [1.29, 1.82) is 0 Å². The third-order valence-corrected chi connectivity index (χ3v) is 2.54. The van der Waals surface area contributed by atoms with Crippen LogP contribution in [0.5, 0.6) is 0 Å². The van der Waals surface area contributed by atoms with Gasteiger partial charge in [-0.25, -0.2) is 4.98 Å². The highest BCUT2D eigenvalue weighted by molar-refractivity contribution is 9.10. The topological polar surface area (TPSA) is 71.1 Å². The van der Waals surface area contributed by atoms with E-state index >= 15 is 0 Å². The Labute approximate surface area is 121 Å². The van der Waals surface area contributed by atoms with E-state index in [4.69, 9.17) is 0 Å². The van der Waals surface area contributed by atoms with E-state index in [1.54, 1.807) is 18.2 Å². The van der Waals surface area contributed by atoms with E-state index in [2.05, 4.69) is 31.5 Å². The first-order chi connectivity index (χ1) is 8.78. The number of hydrogen-bond donors (Lipinski definition) is 2. The van der Waals surface area contributed by atoms with Gasteiger partial charge in [0.25, 0.3) is 5.91 Å². The second-order valence-corrected chi connectivity index (χ2v) is 5.96. The Morgan fingerprint density at radius 2 is 2.00 bits per heavy atom. The molecule has 104 valence electrons. The molecule has 0 spiro atoms. The van der Waals surface area contributed by atoms with E-state index in [0.717, 1.165) is 0 Å². The van der Waals surface area contributed by atoms with Crippen LogP contribution in [0, 0.1) is 0 Å². The van der Waals surface area contributed by atoms with Crippen LogP contribution >= 0.6 is 15.9 Å². The molecule has 1 heterocycles. The van der Waals surface area contributed by atoms with Gasteiger partial charge in [-0.3, -0.25) is 9.59 Å². The summed E-state index contributed by atoms with van der Waals surface area (Å²) in [7, 11) is 0. The Balaban J connectivity index is 2.37. The van der Waals surface area contributed by atoms with Gasteiger partial charge in [0.05, 0.1) is 0 Å². The molecule has 19 heavy (non-hydrogen) atoms. The minimum absolute atomic E-state index is 0.0880. The molecule has 0 aliphatic rings. The quantitative estimate of drug-likeness (QED) is 0.829. The molecule has 0 unspecified atom stereocenters. The van der Waals surface area contributed by atoms with Crippen LogP contribution in [0.25, 0.3) is 0 Å². The first kappa shape index (κ1) is 15.6. The maximum absolute atomic E-state index is 11.7. The number of carbonyl (C=O) groups excluding carboxylic acids is 2. The average Bonchev–Trinajstić information content (AvgIpc) is 2.26. The normalized spacial score (nSPS) is 10.9. The Morgan fingerprint density at radius 1 is 1.32 bits per heavy atom. The lowest BCUT2D eigenvalue weighted by atomic mass is 10.1. The number of nitrogens with zero attached hydrogens (tertiary/aromatic N) is 1. The minimum atomic E-state index is -0.287. The van der Waals surface area contributed by atoms with Crippen molar-refractivity contribution < 1.29 is 9.59 Å². The fraction of sp³-hybridized carbons (Fsp3) is 0.462. The summed E-state index contributed by atoms with van der Waals surface area (Å²) in [6, 6.07) is 5.10. The van der Waals surface area contributed by atoms with Crippen LogP contribution in [0.2, 0.25) is 0 Å². The number of pyridine rings is 1. The highest BCUT2D eigenvalue weighted by Gasteiger charge is 2.14. The summed E-state index contributed by atoms with van der Waals surface area (Å²) in [6.07, 6.45) is 0.247. The van der Waals surface area contributed by atoms with Gasteiger partial charge in [-0.05, 0) is 48.8 Å². The number of hydrogen-bond acceptors (Lipinski definition) is 3. The summed E-state index contributed by atoms with van der Waals surface area (Å²) in [5.41, 5.74) is 0.0676. The van der Waals surface area contributed by atoms with Crippen LogP contribution in [0.3, 0.4) is 0 Å². The lowest BCUT2D eigenvalue weighted by Crippen LogP contribution is -2.42. The molecule has 6 heteroatoms. The Morgan fingerprint density at radius 3 is 2.58 bits per heavy atom. The van der Waals surface area contributed by atoms with Gasteiger partial charge in [0.1, 0.15) is 10.3 Å². The lowest BCUT2D eigenvalue weighted by Gasteiger charge is -2.20. The van der Waals surface area contributed by atoms with Crippen LogP contribution in [0.1, 0.15) is 37.7 Å². The average molecular weight is 328 g/mol. The Bertz CT molecular complexity index is 469. The van der Waals surface area contributed by atoms with E-state index in [1.807, 2.05) is 20.8 Å². The molecular formula is C13H18BrN3O2. The zero-order valence-corrected chi connectivity index (χ0v) is 12.9. The maximum Gasteiger partial charge on any atom is 0.269 e. The van der Waals surface area contributed by atoms with Crippen LogP contribution in [0.4, 0.5) is 0 Å². The third kappa shape index (κ3) is 6.33. The first-order valence-electron chi connectivity index (χ1n) is 6.00. The van der Waals surface area contributed by atoms with Crippen molar-refractivity contribution in [2.45, 2.75) is 32.7 Å².